The molecule has 0 spiro atoms. The molecule has 4 nitrogen and oxygen atoms in total. The number of carbonyl (C=O) groups is 1. The number of hydrogen-bond acceptors (Lipinski definition) is 3. The van der Waals surface area contributed by atoms with E-state index in [2.05, 4.69) is 16.4 Å². The van der Waals surface area contributed by atoms with Crippen molar-refractivity contribution in [3.05, 3.63) is 79.0 Å². The Morgan fingerprint density at radius 3 is 2.54 bits per heavy atom. The molecule has 128 valence electrons. The number of nitrogens with zero attached hydrogens (tertiary/aromatic N) is 1. The van der Waals surface area contributed by atoms with Gasteiger partial charge in [0.2, 0.25) is 5.91 Å². The fourth-order valence-electron chi connectivity index (χ4n) is 2.88. The largest absolute Gasteiger partial charge is 0.493 e. The van der Waals surface area contributed by atoms with Crippen molar-refractivity contribution in [2.75, 3.05) is 11.9 Å². The van der Waals surface area contributed by atoms with E-state index in [-0.39, 0.29) is 12.3 Å². The summed E-state index contributed by atoms with van der Waals surface area (Å²) in [7, 11) is 0. The van der Waals surface area contributed by atoms with E-state index in [1.807, 2.05) is 66.7 Å². The van der Waals surface area contributed by atoms with Gasteiger partial charge in [-0.15, -0.1) is 0 Å². The van der Waals surface area contributed by atoms with Gasteiger partial charge in [-0.1, -0.05) is 48.5 Å². The predicted molar refractivity (Wildman–Crippen MR) is 104 cm³/mol. The Morgan fingerprint density at radius 1 is 0.885 bits per heavy atom. The Hall–Kier alpha value is -3.40. The van der Waals surface area contributed by atoms with Gasteiger partial charge in [-0.2, -0.15) is 0 Å². The van der Waals surface area contributed by atoms with Gasteiger partial charge in [-0.05, 0) is 35.0 Å². The maximum atomic E-state index is 12.1. The Kier molecular flexibility index (Phi) is 4.48. The average Bonchev–Trinajstić information content (AvgIpc) is 2.68. The van der Waals surface area contributed by atoms with Gasteiger partial charge < -0.3 is 10.1 Å². The number of para-hydroxylation sites is 1. The number of carbonyl (C=O) groups excluding carboxylic acids is 1. The summed E-state index contributed by atoms with van der Waals surface area (Å²) in [6.07, 6.45) is 1.95. The Balaban J connectivity index is 1.34. The lowest BCUT2D eigenvalue weighted by Crippen LogP contribution is -2.15. The van der Waals surface area contributed by atoms with Crippen molar-refractivity contribution >= 4 is 33.3 Å². The summed E-state index contributed by atoms with van der Waals surface area (Å²) in [6, 6.07) is 23.8. The lowest BCUT2D eigenvalue weighted by molar-refractivity contribution is -0.116. The smallest absolute Gasteiger partial charge is 0.227 e. The first-order valence-corrected chi connectivity index (χ1v) is 8.54. The molecule has 0 saturated carbocycles. The number of fused-ring (bicyclic) bond motifs is 2. The summed E-state index contributed by atoms with van der Waals surface area (Å²) in [4.78, 5) is 16.5. The highest BCUT2D eigenvalue weighted by Gasteiger charge is 2.05. The van der Waals surface area contributed by atoms with E-state index in [9.17, 15) is 4.79 Å². The molecule has 0 aliphatic heterocycles. The van der Waals surface area contributed by atoms with E-state index < -0.39 is 0 Å². The second-order valence-corrected chi connectivity index (χ2v) is 6.07. The minimum absolute atomic E-state index is 0.0946. The van der Waals surface area contributed by atoms with Crippen LogP contribution in [0.15, 0.2) is 79.0 Å². The van der Waals surface area contributed by atoms with Crippen LogP contribution in [0.2, 0.25) is 0 Å². The van der Waals surface area contributed by atoms with E-state index in [1.54, 1.807) is 6.20 Å². The zero-order valence-corrected chi connectivity index (χ0v) is 14.2. The van der Waals surface area contributed by atoms with Crippen LogP contribution >= 0.6 is 0 Å². The summed E-state index contributed by atoms with van der Waals surface area (Å²) in [5.41, 5.74) is 1.60. The third-order valence-corrected chi connectivity index (χ3v) is 4.19. The molecule has 3 aromatic carbocycles. The van der Waals surface area contributed by atoms with Gasteiger partial charge in [-0.3, -0.25) is 9.78 Å². The van der Waals surface area contributed by atoms with E-state index in [0.29, 0.717) is 12.3 Å². The number of anilines is 1. The summed E-state index contributed by atoms with van der Waals surface area (Å²) in [6.45, 7) is 0.325. The molecule has 0 bridgehead atoms. The molecule has 0 aliphatic carbocycles. The Labute approximate surface area is 151 Å². The number of nitrogens with one attached hydrogen (secondary N) is 1. The topological polar surface area (TPSA) is 51.2 Å². The number of amides is 1. The summed E-state index contributed by atoms with van der Waals surface area (Å²) < 4.78 is 5.72. The summed E-state index contributed by atoms with van der Waals surface area (Å²) in [5.74, 6) is 0.673. The summed E-state index contributed by atoms with van der Waals surface area (Å²) >= 11 is 0. The maximum Gasteiger partial charge on any atom is 0.227 e. The average molecular weight is 342 g/mol. The van der Waals surface area contributed by atoms with Gasteiger partial charge in [0.1, 0.15) is 5.75 Å². The molecule has 26 heavy (non-hydrogen) atoms. The molecule has 1 amide bonds. The number of hydrogen-bond donors (Lipinski definition) is 1. The lowest BCUT2D eigenvalue weighted by Gasteiger charge is -2.08. The number of rotatable bonds is 5. The molecule has 4 aromatic rings. The molecule has 0 radical (unpaired) electrons. The standard InChI is InChI=1S/C22H18N2O2/c25-22(24-19-13-18-7-3-4-8-21(18)23-15-19)11-12-26-20-10-9-16-5-1-2-6-17(16)14-20/h1-10,13-15H,11-12H2,(H,24,25). The van der Waals surface area contributed by atoms with Gasteiger partial charge in [0, 0.05) is 5.39 Å². The SMILES string of the molecule is O=C(CCOc1ccc2ccccc2c1)Nc1cnc2ccccc2c1. The van der Waals surface area contributed by atoms with Crippen molar-refractivity contribution in [3.8, 4) is 5.75 Å². The molecule has 0 fully saturated rings. The first kappa shape index (κ1) is 16.1. The molecule has 0 saturated heterocycles. The predicted octanol–water partition coefficient (Wildman–Crippen LogP) is 4.80. The second-order valence-electron chi connectivity index (χ2n) is 6.07. The van der Waals surface area contributed by atoms with E-state index >= 15 is 0 Å². The first-order valence-electron chi connectivity index (χ1n) is 8.54. The second kappa shape index (κ2) is 7.23. The molecule has 4 rings (SSSR count). The highest BCUT2D eigenvalue weighted by atomic mass is 16.5. The normalized spacial score (nSPS) is 10.8. The van der Waals surface area contributed by atoms with Crippen LogP contribution in [0.3, 0.4) is 0 Å². The van der Waals surface area contributed by atoms with E-state index in [4.69, 9.17) is 4.74 Å². The fraction of sp³-hybridized carbons (Fsp3) is 0.0909. The van der Waals surface area contributed by atoms with Gasteiger partial charge in [0.05, 0.1) is 30.4 Å². The first-order chi connectivity index (χ1) is 12.8. The number of benzene rings is 3. The zero-order valence-electron chi connectivity index (χ0n) is 14.2. The third kappa shape index (κ3) is 3.64. The molecule has 0 unspecified atom stereocenters. The Morgan fingerprint density at radius 2 is 1.65 bits per heavy atom. The quantitative estimate of drug-likeness (QED) is 0.567. The van der Waals surface area contributed by atoms with Gasteiger partial charge >= 0.3 is 0 Å². The van der Waals surface area contributed by atoms with Crippen LogP contribution in [0.25, 0.3) is 21.7 Å². The monoisotopic (exact) mass is 342 g/mol. The van der Waals surface area contributed by atoms with Crippen molar-refractivity contribution < 1.29 is 9.53 Å². The van der Waals surface area contributed by atoms with Crippen LogP contribution < -0.4 is 10.1 Å². The molecule has 4 heteroatoms. The molecule has 0 atom stereocenters. The molecular formula is C22H18N2O2. The highest BCUT2D eigenvalue weighted by molar-refractivity contribution is 5.93. The molecular weight excluding hydrogens is 324 g/mol. The van der Waals surface area contributed by atoms with Crippen LogP contribution in [0.4, 0.5) is 5.69 Å². The van der Waals surface area contributed by atoms with Crippen LogP contribution in [0, 0.1) is 0 Å². The van der Waals surface area contributed by atoms with Crippen LogP contribution in [0.5, 0.6) is 5.75 Å². The highest BCUT2D eigenvalue weighted by Crippen LogP contribution is 2.21. The van der Waals surface area contributed by atoms with Crippen molar-refractivity contribution in [2.45, 2.75) is 6.42 Å². The van der Waals surface area contributed by atoms with Crippen LogP contribution in [0.1, 0.15) is 6.42 Å². The zero-order chi connectivity index (χ0) is 17.8. The molecule has 1 N–H and O–H groups in total. The molecule has 1 aromatic heterocycles. The van der Waals surface area contributed by atoms with Crippen LogP contribution in [-0.4, -0.2) is 17.5 Å². The Bertz CT molecular complexity index is 1080. The third-order valence-electron chi connectivity index (χ3n) is 4.19. The number of aromatic nitrogens is 1. The minimum Gasteiger partial charge on any atom is -0.493 e. The van der Waals surface area contributed by atoms with Gasteiger partial charge in [0.25, 0.3) is 0 Å². The molecule has 1 heterocycles. The van der Waals surface area contributed by atoms with Crippen molar-refractivity contribution in [1.29, 1.82) is 0 Å². The van der Waals surface area contributed by atoms with Crippen molar-refractivity contribution in [1.82, 2.24) is 4.98 Å². The fourth-order valence-corrected chi connectivity index (χ4v) is 2.88. The maximum absolute atomic E-state index is 12.1. The number of pyridine rings is 1. The van der Waals surface area contributed by atoms with Crippen molar-refractivity contribution in [2.24, 2.45) is 0 Å². The summed E-state index contributed by atoms with van der Waals surface area (Å²) in [5, 5.41) is 6.16. The lowest BCUT2D eigenvalue weighted by atomic mass is 10.1. The number of ether oxygens (including phenoxy) is 1. The molecule has 0 aliphatic rings. The van der Waals surface area contributed by atoms with E-state index in [0.717, 1.165) is 22.0 Å². The van der Waals surface area contributed by atoms with Crippen molar-refractivity contribution in [3.63, 3.8) is 0 Å². The van der Waals surface area contributed by atoms with Gasteiger partial charge in [-0.25, -0.2) is 0 Å². The van der Waals surface area contributed by atoms with E-state index in [1.165, 1.54) is 5.39 Å². The van der Waals surface area contributed by atoms with Crippen LogP contribution in [-0.2, 0) is 4.79 Å². The minimum atomic E-state index is -0.0946. The van der Waals surface area contributed by atoms with Gasteiger partial charge in [0.15, 0.2) is 0 Å².